The number of carbonyl (C=O) groups is 1. The lowest BCUT2D eigenvalue weighted by molar-refractivity contribution is -0.124. The van der Waals surface area contributed by atoms with E-state index < -0.39 is 5.91 Å². The first-order chi connectivity index (χ1) is 13.2. The van der Waals surface area contributed by atoms with E-state index in [9.17, 15) is 4.79 Å². The lowest BCUT2D eigenvalue weighted by Crippen LogP contribution is -2.32. The molecule has 2 aromatic rings. The fourth-order valence-electron chi connectivity index (χ4n) is 3.83. The van der Waals surface area contributed by atoms with Gasteiger partial charge in [-0.2, -0.15) is 0 Å². The highest BCUT2D eigenvalue weighted by Crippen LogP contribution is 2.27. The molecule has 2 heterocycles. The zero-order valence-corrected chi connectivity index (χ0v) is 16.1. The second-order valence-electron chi connectivity index (χ2n) is 7.27. The van der Waals surface area contributed by atoms with Crippen molar-refractivity contribution < 1.29 is 10.0 Å². The smallest absolute Gasteiger partial charge is 0.267 e. The topological polar surface area (TPSA) is 79.2 Å². The molecule has 1 aromatic carbocycles. The summed E-state index contributed by atoms with van der Waals surface area (Å²) in [4.78, 5) is 16.2. The molecule has 1 atom stereocenters. The molecule has 6 heteroatoms. The summed E-state index contributed by atoms with van der Waals surface area (Å²) in [7, 11) is 0. The van der Waals surface area contributed by atoms with Gasteiger partial charge in [-0.05, 0) is 49.6 Å². The highest BCUT2D eigenvalue weighted by atomic mass is 16.5. The number of aryl methyl sites for hydroxylation is 1. The number of unbranched alkanes of at least 4 members (excludes halogenated alkanes) is 3. The number of imidazole rings is 1. The van der Waals surface area contributed by atoms with Crippen molar-refractivity contribution in [1.29, 1.82) is 0 Å². The Labute approximate surface area is 160 Å². The second-order valence-corrected chi connectivity index (χ2v) is 7.27. The Bertz CT molecular complexity index is 791. The van der Waals surface area contributed by atoms with Gasteiger partial charge in [0.1, 0.15) is 5.82 Å². The van der Waals surface area contributed by atoms with Gasteiger partial charge in [0.05, 0.1) is 11.0 Å². The van der Waals surface area contributed by atoms with Gasteiger partial charge in [0.25, 0.3) is 5.91 Å². The summed E-state index contributed by atoms with van der Waals surface area (Å²) in [6.45, 7) is 4.32. The van der Waals surface area contributed by atoms with Crippen molar-refractivity contribution in [3.8, 4) is 0 Å². The first kappa shape index (κ1) is 19.6. The SMILES string of the molecule is CCCCCCc1nc2cc(/C=C/C(=O)NO)ccc2n1C1CCCNC1. The maximum Gasteiger partial charge on any atom is 0.267 e. The van der Waals surface area contributed by atoms with E-state index in [2.05, 4.69) is 22.9 Å². The molecule has 0 bridgehead atoms. The molecule has 1 aliphatic heterocycles. The number of benzene rings is 1. The Morgan fingerprint density at radius 3 is 3.04 bits per heavy atom. The third kappa shape index (κ3) is 4.96. The van der Waals surface area contributed by atoms with Crippen LogP contribution in [0.2, 0.25) is 0 Å². The van der Waals surface area contributed by atoms with Crippen LogP contribution in [-0.2, 0) is 11.2 Å². The summed E-state index contributed by atoms with van der Waals surface area (Å²) in [5, 5.41) is 12.1. The quantitative estimate of drug-likeness (QED) is 0.287. The van der Waals surface area contributed by atoms with Gasteiger partial charge in [0.15, 0.2) is 0 Å². The average molecular weight is 370 g/mol. The number of hydroxylamine groups is 1. The molecule has 6 nitrogen and oxygen atoms in total. The molecule has 3 N–H and O–H groups in total. The molecule has 0 saturated carbocycles. The van der Waals surface area contributed by atoms with Crippen LogP contribution in [0.1, 0.15) is 62.9 Å². The minimum atomic E-state index is -0.537. The molecule has 1 amide bonds. The van der Waals surface area contributed by atoms with Crippen LogP contribution < -0.4 is 10.8 Å². The van der Waals surface area contributed by atoms with E-state index in [0.717, 1.165) is 36.1 Å². The zero-order valence-electron chi connectivity index (χ0n) is 16.1. The number of rotatable bonds is 8. The standard InChI is InChI=1S/C21H30N4O2/c1-2-3-4-5-8-20-23-18-14-16(10-12-21(26)24-27)9-11-19(18)25(20)17-7-6-13-22-15-17/h9-12,14,17,22,27H,2-8,13,15H2,1H3,(H,24,26)/b12-10+. The molecule has 1 fully saturated rings. The minimum Gasteiger partial charge on any atom is -0.324 e. The van der Waals surface area contributed by atoms with Gasteiger partial charge in [-0.3, -0.25) is 10.0 Å². The molecule has 146 valence electrons. The molecule has 1 aromatic heterocycles. The van der Waals surface area contributed by atoms with Gasteiger partial charge in [0, 0.05) is 25.1 Å². The molecule has 3 rings (SSSR count). The van der Waals surface area contributed by atoms with E-state index in [1.807, 2.05) is 12.1 Å². The second kappa shape index (κ2) is 9.67. The van der Waals surface area contributed by atoms with Gasteiger partial charge in [-0.25, -0.2) is 10.5 Å². The maximum absolute atomic E-state index is 11.2. The monoisotopic (exact) mass is 370 g/mol. The summed E-state index contributed by atoms with van der Waals surface area (Å²) in [5.74, 6) is 0.634. The van der Waals surface area contributed by atoms with E-state index in [0.29, 0.717) is 6.04 Å². The number of fused-ring (bicyclic) bond motifs is 1. The van der Waals surface area contributed by atoms with Crippen molar-refractivity contribution in [3.63, 3.8) is 0 Å². The number of nitrogens with zero attached hydrogens (tertiary/aromatic N) is 2. The van der Waals surface area contributed by atoms with Crippen LogP contribution in [0, 0.1) is 0 Å². The van der Waals surface area contributed by atoms with Crippen LogP contribution in [0.3, 0.4) is 0 Å². The van der Waals surface area contributed by atoms with Crippen molar-refractivity contribution in [2.45, 2.75) is 57.9 Å². The van der Waals surface area contributed by atoms with Gasteiger partial charge < -0.3 is 9.88 Å². The van der Waals surface area contributed by atoms with Crippen LogP contribution in [0.25, 0.3) is 17.1 Å². The molecular weight excluding hydrogens is 340 g/mol. The van der Waals surface area contributed by atoms with Crippen LogP contribution in [0.15, 0.2) is 24.3 Å². The number of carbonyl (C=O) groups excluding carboxylic acids is 1. The zero-order chi connectivity index (χ0) is 19.1. The molecule has 0 radical (unpaired) electrons. The van der Waals surface area contributed by atoms with Gasteiger partial charge in [-0.15, -0.1) is 0 Å². The lowest BCUT2D eigenvalue weighted by atomic mass is 10.1. The summed E-state index contributed by atoms with van der Waals surface area (Å²) in [6, 6.07) is 6.56. The normalized spacial score (nSPS) is 17.6. The molecular formula is C21H30N4O2. The van der Waals surface area contributed by atoms with Gasteiger partial charge in [0.2, 0.25) is 0 Å². The fraction of sp³-hybridized carbons (Fsp3) is 0.524. The number of hydrogen-bond donors (Lipinski definition) is 3. The first-order valence-electron chi connectivity index (χ1n) is 10.1. The largest absolute Gasteiger partial charge is 0.324 e. The number of hydrogen-bond acceptors (Lipinski definition) is 4. The van der Waals surface area contributed by atoms with Crippen molar-refractivity contribution in [2.75, 3.05) is 13.1 Å². The minimum absolute atomic E-state index is 0.450. The van der Waals surface area contributed by atoms with Crippen molar-refractivity contribution in [1.82, 2.24) is 20.3 Å². The van der Waals surface area contributed by atoms with Gasteiger partial charge >= 0.3 is 0 Å². The van der Waals surface area contributed by atoms with E-state index >= 15 is 0 Å². The Hall–Kier alpha value is -2.18. The van der Waals surface area contributed by atoms with Crippen LogP contribution in [0.4, 0.5) is 0 Å². The van der Waals surface area contributed by atoms with E-state index in [-0.39, 0.29) is 0 Å². The lowest BCUT2D eigenvalue weighted by Gasteiger charge is -2.26. The van der Waals surface area contributed by atoms with Crippen LogP contribution >= 0.6 is 0 Å². The summed E-state index contributed by atoms with van der Waals surface area (Å²) in [5.41, 5.74) is 4.64. The Kier molecular flexibility index (Phi) is 7.01. The molecule has 1 aliphatic rings. The number of piperidine rings is 1. The van der Waals surface area contributed by atoms with E-state index in [4.69, 9.17) is 10.2 Å². The number of nitrogens with one attached hydrogen (secondary N) is 2. The van der Waals surface area contributed by atoms with E-state index in [1.165, 1.54) is 50.4 Å². The fourth-order valence-corrected chi connectivity index (χ4v) is 3.83. The predicted octanol–water partition coefficient (Wildman–Crippen LogP) is 3.60. The summed E-state index contributed by atoms with van der Waals surface area (Å²) < 4.78 is 2.43. The molecule has 0 spiro atoms. The van der Waals surface area contributed by atoms with Crippen molar-refractivity contribution in [3.05, 3.63) is 35.7 Å². The predicted molar refractivity (Wildman–Crippen MR) is 108 cm³/mol. The highest BCUT2D eigenvalue weighted by molar-refractivity contribution is 5.91. The van der Waals surface area contributed by atoms with Crippen LogP contribution in [-0.4, -0.2) is 33.8 Å². The summed E-state index contributed by atoms with van der Waals surface area (Å²) in [6.07, 6.45) is 11.3. The van der Waals surface area contributed by atoms with E-state index in [1.54, 1.807) is 11.6 Å². The first-order valence-corrected chi connectivity index (χ1v) is 10.1. The number of amides is 1. The molecule has 1 saturated heterocycles. The highest BCUT2D eigenvalue weighted by Gasteiger charge is 2.21. The molecule has 27 heavy (non-hydrogen) atoms. The van der Waals surface area contributed by atoms with Crippen molar-refractivity contribution >= 4 is 23.0 Å². The Morgan fingerprint density at radius 2 is 2.30 bits per heavy atom. The third-order valence-corrected chi connectivity index (χ3v) is 5.21. The molecule has 1 unspecified atom stereocenters. The number of aromatic nitrogens is 2. The third-order valence-electron chi connectivity index (χ3n) is 5.21. The maximum atomic E-state index is 11.2. The summed E-state index contributed by atoms with van der Waals surface area (Å²) >= 11 is 0. The average Bonchev–Trinajstić information content (AvgIpc) is 3.07. The van der Waals surface area contributed by atoms with Crippen molar-refractivity contribution in [2.24, 2.45) is 0 Å². The van der Waals surface area contributed by atoms with Crippen LogP contribution in [0.5, 0.6) is 0 Å². The molecule has 0 aliphatic carbocycles. The van der Waals surface area contributed by atoms with Gasteiger partial charge in [-0.1, -0.05) is 32.3 Å². The Morgan fingerprint density at radius 1 is 1.41 bits per heavy atom. The Balaban J connectivity index is 1.90.